The third-order valence-corrected chi connectivity index (χ3v) is 3.74. The number of para-hydroxylation sites is 1. The van der Waals surface area contributed by atoms with E-state index < -0.39 is 5.97 Å². The van der Waals surface area contributed by atoms with Crippen molar-refractivity contribution in [1.29, 1.82) is 0 Å². The topological polar surface area (TPSA) is 60.9 Å². The SMILES string of the molecule is CC(=O)N1C[C@H](CC(=O)O)N(c2ccccc2)C[C@@H]1C. The predicted octanol–water partition coefficient (Wildman–Crippen LogP) is 1.59. The largest absolute Gasteiger partial charge is 0.481 e. The van der Waals surface area contributed by atoms with E-state index in [9.17, 15) is 9.59 Å². The van der Waals surface area contributed by atoms with Crippen LogP contribution in [0.15, 0.2) is 30.3 Å². The molecule has 0 saturated carbocycles. The summed E-state index contributed by atoms with van der Waals surface area (Å²) in [5, 5.41) is 9.09. The molecule has 20 heavy (non-hydrogen) atoms. The van der Waals surface area contributed by atoms with E-state index in [0.29, 0.717) is 13.1 Å². The van der Waals surface area contributed by atoms with Gasteiger partial charge in [-0.25, -0.2) is 0 Å². The van der Waals surface area contributed by atoms with Crippen LogP contribution in [0.4, 0.5) is 5.69 Å². The molecule has 1 aromatic rings. The standard InChI is InChI=1S/C15H20N2O3/c1-11-9-17(13-6-4-3-5-7-13)14(8-15(19)20)10-16(11)12(2)18/h3-7,11,14H,8-10H2,1-2H3,(H,19,20)/t11-,14-/m0/s1. The molecule has 5 heteroatoms. The number of benzene rings is 1. The Morgan fingerprint density at radius 1 is 1.25 bits per heavy atom. The Bertz CT molecular complexity index is 489. The fourth-order valence-corrected chi connectivity index (χ4v) is 2.79. The Morgan fingerprint density at radius 2 is 1.90 bits per heavy atom. The zero-order valence-electron chi connectivity index (χ0n) is 11.8. The van der Waals surface area contributed by atoms with E-state index in [4.69, 9.17) is 5.11 Å². The number of nitrogens with zero attached hydrogens (tertiary/aromatic N) is 2. The highest BCUT2D eigenvalue weighted by molar-refractivity contribution is 5.75. The van der Waals surface area contributed by atoms with Gasteiger partial charge >= 0.3 is 5.97 Å². The first kappa shape index (κ1) is 14.4. The lowest BCUT2D eigenvalue weighted by Crippen LogP contribution is -2.59. The lowest BCUT2D eigenvalue weighted by atomic mass is 10.0. The molecular weight excluding hydrogens is 256 g/mol. The van der Waals surface area contributed by atoms with E-state index in [1.165, 1.54) is 6.92 Å². The molecule has 1 aliphatic heterocycles. The van der Waals surface area contributed by atoms with Crippen molar-refractivity contribution >= 4 is 17.6 Å². The van der Waals surface area contributed by atoms with Crippen LogP contribution < -0.4 is 4.90 Å². The van der Waals surface area contributed by atoms with Crippen LogP contribution in [-0.2, 0) is 9.59 Å². The van der Waals surface area contributed by atoms with Crippen LogP contribution >= 0.6 is 0 Å². The molecule has 1 saturated heterocycles. The predicted molar refractivity (Wildman–Crippen MR) is 76.7 cm³/mol. The summed E-state index contributed by atoms with van der Waals surface area (Å²) < 4.78 is 0. The number of carboxylic acids is 1. The van der Waals surface area contributed by atoms with Crippen molar-refractivity contribution < 1.29 is 14.7 Å². The fourth-order valence-electron chi connectivity index (χ4n) is 2.79. The first-order valence-electron chi connectivity index (χ1n) is 6.79. The van der Waals surface area contributed by atoms with Crippen LogP contribution in [0, 0.1) is 0 Å². The van der Waals surface area contributed by atoms with Crippen LogP contribution in [0.2, 0.25) is 0 Å². The van der Waals surface area contributed by atoms with Crippen molar-refractivity contribution in [2.45, 2.75) is 32.4 Å². The average Bonchev–Trinajstić information content (AvgIpc) is 2.40. The summed E-state index contributed by atoms with van der Waals surface area (Å²) in [6.45, 7) is 4.64. The molecule has 0 aromatic heterocycles. The van der Waals surface area contributed by atoms with Gasteiger partial charge in [0.1, 0.15) is 0 Å². The maximum absolute atomic E-state index is 11.6. The zero-order chi connectivity index (χ0) is 14.7. The van der Waals surface area contributed by atoms with Crippen LogP contribution in [0.3, 0.4) is 0 Å². The Kier molecular flexibility index (Phi) is 4.27. The first-order chi connectivity index (χ1) is 9.49. The number of carboxylic acid groups (broad SMARTS) is 1. The number of hydrogen-bond acceptors (Lipinski definition) is 3. The molecule has 0 aliphatic carbocycles. The van der Waals surface area contributed by atoms with Gasteiger partial charge in [0.2, 0.25) is 5.91 Å². The number of piperazine rings is 1. The summed E-state index contributed by atoms with van der Waals surface area (Å²) in [5.41, 5.74) is 1.01. The molecule has 0 unspecified atom stereocenters. The Morgan fingerprint density at radius 3 is 2.45 bits per heavy atom. The van der Waals surface area contributed by atoms with Gasteiger partial charge in [0.05, 0.1) is 12.5 Å². The quantitative estimate of drug-likeness (QED) is 0.910. The summed E-state index contributed by atoms with van der Waals surface area (Å²) in [7, 11) is 0. The maximum atomic E-state index is 11.6. The average molecular weight is 276 g/mol. The Hall–Kier alpha value is -2.04. The number of hydrogen-bond donors (Lipinski definition) is 1. The van der Waals surface area contributed by atoms with Gasteiger partial charge in [-0.2, -0.15) is 0 Å². The summed E-state index contributed by atoms with van der Waals surface area (Å²) in [6.07, 6.45) is 0.0331. The second-order valence-corrected chi connectivity index (χ2v) is 5.26. The highest BCUT2D eigenvalue weighted by Gasteiger charge is 2.34. The molecule has 1 aliphatic rings. The van der Waals surface area contributed by atoms with Crippen molar-refractivity contribution in [2.24, 2.45) is 0 Å². The fraction of sp³-hybridized carbons (Fsp3) is 0.467. The molecule has 0 spiro atoms. The Labute approximate surface area is 118 Å². The zero-order valence-corrected chi connectivity index (χ0v) is 11.8. The van der Waals surface area contributed by atoms with Crippen LogP contribution in [0.1, 0.15) is 20.3 Å². The van der Waals surface area contributed by atoms with Gasteiger partial charge in [-0.05, 0) is 19.1 Å². The van der Waals surface area contributed by atoms with E-state index in [2.05, 4.69) is 4.90 Å². The van der Waals surface area contributed by atoms with Gasteiger partial charge in [-0.15, -0.1) is 0 Å². The second kappa shape index (κ2) is 5.94. The lowest BCUT2D eigenvalue weighted by Gasteiger charge is -2.45. The summed E-state index contributed by atoms with van der Waals surface area (Å²) in [6, 6.07) is 9.67. The molecule has 0 bridgehead atoms. The number of carbonyl (C=O) groups excluding carboxylic acids is 1. The van der Waals surface area contributed by atoms with Gasteiger partial charge < -0.3 is 14.9 Å². The van der Waals surface area contributed by atoms with E-state index >= 15 is 0 Å². The van der Waals surface area contributed by atoms with Crippen molar-refractivity contribution in [1.82, 2.24) is 4.90 Å². The number of carbonyl (C=O) groups is 2. The number of anilines is 1. The molecule has 2 atom stereocenters. The van der Waals surface area contributed by atoms with E-state index in [1.54, 1.807) is 4.90 Å². The van der Waals surface area contributed by atoms with Crippen LogP contribution in [0.5, 0.6) is 0 Å². The van der Waals surface area contributed by atoms with Crippen molar-refractivity contribution in [3.05, 3.63) is 30.3 Å². The first-order valence-corrected chi connectivity index (χ1v) is 6.79. The van der Waals surface area contributed by atoms with Crippen LogP contribution in [0.25, 0.3) is 0 Å². The third kappa shape index (κ3) is 3.10. The molecule has 1 amide bonds. The van der Waals surface area contributed by atoms with E-state index in [1.807, 2.05) is 37.3 Å². The van der Waals surface area contributed by atoms with Gasteiger partial charge in [0.25, 0.3) is 0 Å². The second-order valence-electron chi connectivity index (χ2n) is 5.26. The minimum absolute atomic E-state index is 0.000556. The summed E-state index contributed by atoms with van der Waals surface area (Å²) in [5.74, 6) is -0.838. The molecule has 1 heterocycles. The smallest absolute Gasteiger partial charge is 0.305 e. The van der Waals surface area contributed by atoms with Crippen molar-refractivity contribution in [3.8, 4) is 0 Å². The third-order valence-electron chi connectivity index (χ3n) is 3.74. The minimum Gasteiger partial charge on any atom is -0.481 e. The highest BCUT2D eigenvalue weighted by Crippen LogP contribution is 2.24. The summed E-state index contributed by atoms with van der Waals surface area (Å²) >= 11 is 0. The minimum atomic E-state index is -0.839. The molecule has 0 radical (unpaired) electrons. The van der Waals surface area contributed by atoms with Crippen molar-refractivity contribution in [2.75, 3.05) is 18.0 Å². The maximum Gasteiger partial charge on any atom is 0.305 e. The van der Waals surface area contributed by atoms with Gasteiger partial charge in [0, 0.05) is 31.7 Å². The molecule has 1 aromatic carbocycles. The van der Waals surface area contributed by atoms with Gasteiger partial charge in [-0.1, -0.05) is 18.2 Å². The van der Waals surface area contributed by atoms with Crippen LogP contribution in [-0.4, -0.2) is 47.1 Å². The lowest BCUT2D eigenvalue weighted by molar-refractivity contribution is -0.139. The van der Waals surface area contributed by atoms with Crippen molar-refractivity contribution in [3.63, 3.8) is 0 Å². The number of aliphatic carboxylic acids is 1. The monoisotopic (exact) mass is 276 g/mol. The van der Waals surface area contributed by atoms with E-state index in [0.717, 1.165) is 5.69 Å². The molecule has 108 valence electrons. The molecule has 5 nitrogen and oxygen atoms in total. The molecule has 2 rings (SSSR count). The Balaban J connectivity index is 2.25. The van der Waals surface area contributed by atoms with E-state index in [-0.39, 0.29) is 24.4 Å². The number of rotatable bonds is 3. The van der Waals surface area contributed by atoms with Gasteiger partial charge in [0.15, 0.2) is 0 Å². The number of amides is 1. The normalized spacial score (nSPS) is 22.7. The summed E-state index contributed by atoms with van der Waals surface area (Å²) in [4.78, 5) is 26.6. The van der Waals surface area contributed by atoms with Gasteiger partial charge in [-0.3, -0.25) is 9.59 Å². The highest BCUT2D eigenvalue weighted by atomic mass is 16.4. The molecular formula is C15H20N2O3. The molecule has 1 fully saturated rings. The molecule has 1 N–H and O–H groups in total.